The van der Waals surface area contributed by atoms with Crippen LogP contribution in [0.1, 0.15) is 88.6 Å². The van der Waals surface area contributed by atoms with Crippen LogP contribution in [-0.4, -0.2) is 66.1 Å². The quantitative estimate of drug-likeness (QED) is 0.191. The van der Waals surface area contributed by atoms with E-state index in [4.69, 9.17) is 5.26 Å². The number of allylic oxidation sites excluding steroid dienone is 1. The Morgan fingerprint density at radius 2 is 1.55 bits per heavy atom. The fraction of sp³-hybridized carbons (Fsp3) is 0.395. The Balaban J connectivity index is 0.000000192. The van der Waals surface area contributed by atoms with Gasteiger partial charge in [-0.05, 0) is 89.3 Å². The van der Waals surface area contributed by atoms with Crippen LogP contribution in [0.3, 0.4) is 0 Å². The number of carbonyl (C=O) groups is 2. The molecule has 256 valence electrons. The van der Waals surface area contributed by atoms with Crippen molar-refractivity contribution in [2.24, 2.45) is 0 Å². The molecule has 0 aliphatic carbocycles. The molecular weight excluding hydrogens is 638 g/mol. The summed E-state index contributed by atoms with van der Waals surface area (Å²) in [5.41, 5.74) is 4.35. The highest BCUT2D eigenvalue weighted by Gasteiger charge is 2.32. The minimum Gasteiger partial charge on any atom is -0.340 e. The number of carbonyl (C=O) groups excluding carboxylic acids is 2. The zero-order chi connectivity index (χ0) is 34.9. The average Bonchev–Trinajstić information content (AvgIpc) is 3.82. The van der Waals surface area contributed by atoms with Crippen molar-refractivity contribution in [3.05, 3.63) is 95.6 Å². The van der Waals surface area contributed by atoms with Gasteiger partial charge in [0.1, 0.15) is 17.5 Å². The number of H-pyrrole nitrogens is 2. The highest BCUT2D eigenvalue weighted by atomic mass is 32.2. The molecule has 2 amide bonds. The smallest absolute Gasteiger partial charge is 0.247 e. The average molecular weight is 682 g/mol. The number of imidazole rings is 2. The van der Waals surface area contributed by atoms with Crippen molar-refractivity contribution in [3.63, 3.8) is 0 Å². The van der Waals surface area contributed by atoms with Crippen molar-refractivity contribution < 1.29 is 14.0 Å². The number of piperidine rings is 2. The molecule has 4 aromatic rings. The van der Waals surface area contributed by atoms with Gasteiger partial charge in [0.05, 0.1) is 52.7 Å². The maximum absolute atomic E-state index is 14.3. The molecule has 0 radical (unpaired) electrons. The molecule has 4 heterocycles. The number of aromatic amines is 2. The van der Waals surface area contributed by atoms with Crippen LogP contribution in [0, 0.1) is 17.1 Å². The summed E-state index contributed by atoms with van der Waals surface area (Å²) >= 11 is 1.53. The van der Waals surface area contributed by atoms with Gasteiger partial charge in [0.2, 0.25) is 11.8 Å². The van der Waals surface area contributed by atoms with Crippen LogP contribution >= 0.6 is 11.8 Å². The number of benzene rings is 2. The fourth-order valence-electron chi connectivity index (χ4n) is 6.34. The summed E-state index contributed by atoms with van der Waals surface area (Å²) in [5, 5.41) is 8.77. The molecule has 2 aliphatic heterocycles. The number of halogens is 1. The van der Waals surface area contributed by atoms with Crippen molar-refractivity contribution in [3.8, 4) is 28.6 Å². The standard InChI is InChI=1S/C19H21FN4OS.C19H23N3O/c1-12(26-2)19(25)24-8-4-3-5-17(24)18-22-11-16(23-18)14-7-6-13(10-21)9-15(14)20;1-14(2)12-18(23)22-11-7-6-10-17(22)19-20-13-16(21-19)15-8-4-3-5-9-15/h6-7,9,11-12,17H,3-5,8H2,1-2H3,(H,22,23);3-5,8-9,12-13,17H,6-7,10-11H2,1-2H3,(H,20,21). The van der Waals surface area contributed by atoms with E-state index in [0.717, 1.165) is 74.3 Å². The number of hydrogen-bond acceptors (Lipinski definition) is 6. The van der Waals surface area contributed by atoms with Crippen molar-refractivity contribution in [1.29, 1.82) is 5.26 Å². The van der Waals surface area contributed by atoms with Crippen LogP contribution in [0.4, 0.5) is 4.39 Å². The van der Waals surface area contributed by atoms with Crippen LogP contribution in [0.15, 0.2) is 72.6 Å². The van der Waals surface area contributed by atoms with Gasteiger partial charge in [-0.3, -0.25) is 9.59 Å². The Hall–Kier alpha value is -4.69. The van der Waals surface area contributed by atoms with Crippen LogP contribution in [0.25, 0.3) is 22.5 Å². The lowest BCUT2D eigenvalue weighted by Crippen LogP contribution is -2.42. The molecule has 2 aromatic carbocycles. The van der Waals surface area contributed by atoms with Gasteiger partial charge in [-0.1, -0.05) is 35.9 Å². The maximum atomic E-state index is 14.3. The van der Waals surface area contributed by atoms with E-state index in [1.165, 1.54) is 17.8 Å². The summed E-state index contributed by atoms with van der Waals surface area (Å²) < 4.78 is 14.3. The molecule has 0 saturated carbocycles. The number of amides is 2. The van der Waals surface area contributed by atoms with E-state index in [9.17, 15) is 14.0 Å². The Bertz CT molecular complexity index is 1810. The Morgan fingerprint density at radius 3 is 2.16 bits per heavy atom. The highest BCUT2D eigenvalue weighted by Crippen LogP contribution is 2.33. The molecule has 6 rings (SSSR count). The number of aromatic nitrogens is 4. The zero-order valence-electron chi connectivity index (χ0n) is 28.6. The first kappa shape index (κ1) is 35.6. The van der Waals surface area contributed by atoms with Gasteiger partial charge in [0.15, 0.2) is 0 Å². The van der Waals surface area contributed by atoms with Gasteiger partial charge in [0.25, 0.3) is 0 Å². The molecule has 3 unspecified atom stereocenters. The van der Waals surface area contributed by atoms with Gasteiger partial charge in [-0.15, -0.1) is 0 Å². The van der Waals surface area contributed by atoms with E-state index >= 15 is 0 Å². The minimum atomic E-state index is -0.466. The van der Waals surface area contributed by atoms with Gasteiger partial charge in [-0.25, -0.2) is 14.4 Å². The summed E-state index contributed by atoms with van der Waals surface area (Å²) in [5.74, 6) is 1.31. The topological polar surface area (TPSA) is 122 Å². The molecule has 11 heteroatoms. The first-order valence-electron chi connectivity index (χ1n) is 16.8. The Kier molecular flexibility index (Phi) is 12.1. The first-order valence-corrected chi connectivity index (χ1v) is 18.1. The molecule has 2 aliphatic rings. The second kappa shape index (κ2) is 16.6. The Morgan fingerprint density at radius 1 is 0.939 bits per heavy atom. The van der Waals surface area contributed by atoms with Gasteiger partial charge >= 0.3 is 0 Å². The van der Waals surface area contributed by atoms with E-state index < -0.39 is 5.82 Å². The predicted octanol–water partition coefficient (Wildman–Crippen LogP) is 7.99. The minimum absolute atomic E-state index is 0.0457. The van der Waals surface area contributed by atoms with Crippen LogP contribution < -0.4 is 0 Å². The molecular formula is C38H44FN7O2S. The second-order valence-corrected chi connectivity index (χ2v) is 13.9. The van der Waals surface area contributed by atoms with E-state index in [2.05, 4.69) is 32.1 Å². The van der Waals surface area contributed by atoms with E-state index in [1.807, 2.05) is 67.3 Å². The first-order chi connectivity index (χ1) is 23.7. The zero-order valence-corrected chi connectivity index (χ0v) is 29.4. The number of thioether (sulfide) groups is 1. The van der Waals surface area contributed by atoms with E-state index in [1.54, 1.807) is 24.4 Å². The molecule has 9 nitrogen and oxygen atoms in total. The van der Waals surface area contributed by atoms with Gasteiger partial charge in [0, 0.05) is 24.7 Å². The largest absolute Gasteiger partial charge is 0.340 e. The summed E-state index contributed by atoms with van der Waals surface area (Å²) in [4.78, 5) is 44.6. The summed E-state index contributed by atoms with van der Waals surface area (Å²) in [6, 6.07) is 16.4. The number of hydrogen-bond donors (Lipinski definition) is 2. The summed E-state index contributed by atoms with van der Waals surface area (Å²) in [6.45, 7) is 7.34. The molecule has 2 saturated heterocycles. The number of nitrogens with one attached hydrogen (secondary N) is 2. The Labute approximate surface area is 292 Å². The van der Waals surface area contributed by atoms with Gasteiger partial charge < -0.3 is 19.8 Å². The fourth-order valence-corrected chi connectivity index (χ4v) is 6.68. The number of rotatable bonds is 7. The van der Waals surface area contributed by atoms with Gasteiger partial charge in [-0.2, -0.15) is 17.0 Å². The number of nitriles is 1. The molecule has 0 bridgehead atoms. The lowest BCUT2D eigenvalue weighted by Gasteiger charge is -2.36. The summed E-state index contributed by atoms with van der Waals surface area (Å²) in [7, 11) is 0. The maximum Gasteiger partial charge on any atom is 0.247 e. The molecule has 0 spiro atoms. The van der Waals surface area contributed by atoms with E-state index in [0.29, 0.717) is 17.1 Å². The van der Waals surface area contributed by atoms with Crippen LogP contribution in [0.2, 0.25) is 0 Å². The highest BCUT2D eigenvalue weighted by molar-refractivity contribution is 7.99. The third-order valence-corrected chi connectivity index (χ3v) is 9.89. The molecule has 2 aromatic heterocycles. The van der Waals surface area contributed by atoms with Crippen molar-refractivity contribution in [1.82, 2.24) is 29.7 Å². The molecule has 2 N–H and O–H groups in total. The molecule has 49 heavy (non-hydrogen) atoms. The van der Waals surface area contributed by atoms with Crippen LogP contribution in [-0.2, 0) is 9.59 Å². The molecule has 2 fully saturated rings. The SMILES string of the molecule is CC(C)=CC(=O)N1CCCCC1c1ncc(-c2ccccc2)[nH]1.CSC(C)C(=O)N1CCCCC1c1ncc(-c2ccc(C#N)cc2F)[nH]1. The van der Waals surface area contributed by atoms with Crippen LogP contribution in [0.5, 0.6) is 0 Å². The third-order valence-electron chi connectivity index (χ3n) is 8.98. The van der Waals surface area contributed by atoms with E-state index in [-0.39, 0.29) is 34.7 Å². The monoisotopic (exact) mass is 681 g/mol. The number of likely N-dealkylation sites (tertiary alicyclic amines) is 2. The normalized spacial score (nSPS) is 18.1. The van der Waals surface area contributed by atoms with Crippen molar-refractivity contribution in [2.45, 2.75) is 76.6 Å². The molecule has 3 atom stereocenters. The lowest BCUT2D eigenvalue weighted by atomic mass is 10.0. The number of nitrogens with zero attached hydrogens (tertiary/aromatic N) is 5. The predicted molar refractivity (Wildman–Crippen MR) is 192 cm³/mol. The van der Waals surface area contributed by atoms with Crippen molar-refractivity contribution in [2.75, 3.05) is 19.3 Å². The summed E-state index contributed by atoms with van der Waals surface area (Å²) in [6.07, 6.45) is 13.1. The second-order valence-electron chi connectivity index (χ2n) is 12.7. The van der Waals surface area contributed by atoms with Crippen molar-refractivity contribution >= 4 is 23.6 Å². The lowest BCUT2D eigenvalue weighted by molar-refractivity contribution is -0.134. The third kappa shape index (κ3) is 8.67.